The number of ketones is 1. The van der Waals surface area contributed by atoms with E-state index in [1.165, 1.54) is 11.3 Å². The lowest BCUT2D eigenvalue weighted by Crippen LogP contribution is -2.51. The fourth-order valence-electron chi connectivity index (χ4n) is 3.90. The number of rotatable bonds is 10. The Morgan fingerprint density at radius 1 is 1.00 bits per heavy atom. The minimum atomic E-state index is -1.04. The molecule has 0 aliphatic heterocycles. The molecule has 33 heavy (non-hydrogen) atoms. The number of nitrogens with one attached hydrogen (secondary N) is 3. The summed E-state index contributed by atoms with van der Waals surface area (Å²) in [6.45, 7) is -0.0914. The lowest BCUT2D eigenvalue weighted by atomic mass is 9.99. The quantitative estimate of drug-likeness (QED) is 0.363. The first-order chi connectivity index (χ1) is 16.0. The highest BCUT2D eigenvalue weighted by molar-refractivity contribution is 7.07. The Hall–Kier alpha value is -3.07. The van der Waals surface area contributed by atoms with Crippen LogP contribution in [0.4, 0.5) is 0 Å². The van der Waals surface area contributed by atoms with Gasteiger partial charge in [-0.15, -0.1) is 11.3 Å². The number of nitrogens with zero attached hydrogens (tertiary/aromatic N) is 1. The maximum Gasteiger partial charge on any atom is 0.289 e. The van der Waals surface area contributed by atoms with Crippen LogP contribution in [0.5, 0.6) is 0 Å². The molecule has 0 radical (unpaired) electrons. The zero-order valence-electron chi connectivity index (χ0n) is 18.5. The Morgan fingerprint density at radius 2 is 1.73 bits per heavy atom. The van der Waals surface area contributed by atoms with Gasteiger partial charge in [0.05, 0.1) is 24.3 Å². The molecule has 1 aliphatic rings. The van der Waals surface area contributed by atoms with Crippen LogP contribution in [0, 0.1) is 5.92 Å². The van der Waals surface area contributed by atoms with Gasteiger partial charge >= 0.3 is 0 Å². The fourth-order valence-corrected chi connectivity index (χ4v) is 4.46. The maximum atomic E-state index is 12.8. The Labute approximate surface area is 197 Å². The molecule has 0 spiro atoms. The summed E-state index contributed by atoms with van der Waals surface area (Å²) in [6, 6.07) is 8.12. The molecule has 1 heterocycles. The van der Waals surface area contributed by atoms with E-state index in [0.29, 0.717) is 5.69 Å². The number of aromatic nitrogens is 1. The van der Waals surface area contributed by atoms with E-state index in [-0.39, 0.29) is 31.3 Å². The van der Waals surface area contributed by atoms with Gasteiger partial charge in [-0.05, 0) is 18.4 Å². The first-order valence-corrected chi connectivity index (χ1v) is 12.3. The van der Waals surface area contributed by atoms with Crippen molar-refractivity contribution in [1.82, 2.24) is 20.9 Å². The number of amides is 3. The molecule has 3 amide bonds. The van der Waals surface area contributed by atoms with Crippen LogP contribution in [0.1, 0.15) is 49.8 Å². The largest absolute Gasteiger partial charge is 0.347 e. The molecule has 8 nitrogen and oxygen atoms in total. The number of Topliss-reactive ketones (excluding diaryl/α,β-unsaturated/α-hetero) is 1. The topological polar surface area (TPSA) is 117 Å². The van der Waals surface area contributed by atoms with Crippen LogP contribution in [0.25, 0.3) is 0 Å². The van der Waals surface area contributed by atoms with Gasteiger partial charge < -0.3 is 16.0 Å². The number of carbonyl (C=O) groups excluding carboxylic acids is 4. The molecule has 2 aromatic rings. The van der Waals surface area contributed by atoms with E-state index < -0.39 is 23.6 Å². The average molecular weight is 471 g/mol. The third-order valence-electron chi connectivity index (χ3n) is 5.72. The van der Waals surface area contributed by atoms with E-state index in [1.54, 1.807) is 10.9 Å². The summed E-state index contributed by atoms with van der Waals surface area (Å²) in [6.07, 6.45) is 6.16. The predicted molar refractivity (Wildman–Crippen MR) is 125 cm³/mol. The third kappa shape index (κ3) is 8.09. The Balaban J connectivity index is 1.57. The van der Waals surface area contributed by atoms with Gasteiger partial charge in [-0.3, -0.25) is 19.2 Å². The number of thiazole rings is 1. The van der Waals surface area contributed by atoms with E-state index in [9.17, 15) is 19.2 Å². The van der Waals surface area contributed by atoms with E-state index in [0.717, 1.165) is 44.1 Å². The van der Waals surface area contributed by atoms with Crippen molar-refractivity contribution in [3.8, 4) is 0 Å². The van der Waals surface area contributed by atoms with Gasteiger partial charge in [0.1, 0.15) is 6.04 Å². The molecule has 1 atom stereocenters. The molecule has 0 unspecified atom stereocenters. The number of benzene rings is 1. The molecule has 9 heteroatoms. The van der Waals surface area contributed by atoms with Crippen molar-refractivity contribution in [2.24, 2.45) is 5.92 Å². The van der Waals surface area contributed by atoms with Crippen LogP contribution in [-0.2, 0) is 32.1 Å². The van der Waals surface area contributed by atoms with Gasteiger partial charge in [0.25, 0.3) is 5.91 Å². The highest BCUT2D eigenvalue weighted by atomic mass is 32.1. The average Bonchev–Trinajstić information content (AvgIpc) is 3.20. The lowest BCUT2D eigenvalue weighted by Gasteiger charge is -2.19. The smallest absolute Gasteiger partial charge is 0.289 e. The van der Waals surface area contributed by atoms with E-state index in [4.69, 9.17) is 0 Å². The highest BCUT2D eigenvalue weighted by Gasteiger charge is 2.28. The molecular formula is C24H30N4O4S. The molecule has 0 bridgehead atoms. The van der Waals surface area contributed by atoms with E-state index in [1.807, 2.05) is 30.3 Å². The standard InChI is InChI=1S/C24H30N4O4S/c29-21(14-26-23(31)18-10-6-1-2-7-11-18)28-20(12-17-8-4-3-5-9-17)22(30)24(32)25-13-19-15-33-16-27-19/h3-5,8-9,15-16,18,20H,1-2,6-7,10-14H2,(H,25,32)(H,26,31)(H,28,29)/t20-/m1/s1. The van der Waals surface area contributed by atoms with Crippen LogP contribution in [0.3, 0.4) is 0 Å². The van der Waals surface area contributed by atoms with Crippen LogP contribution in [-0.4, -0.2) is 41.1 Å². The van der Waals surface area contributed by atoms with Gasteiger partial charge in [0, 0.05) is 17.7 Å². The van der Waals surface area contributed by atoms with Crippen LogP contribution < -0.4 is 16.0 Å². The van der Waals surface area contributed by atoms with Crippen LogP contribution >= 0.6 is 11.3 Å². The minimum absolute atomic E-state index is 0.0708. The van der Waals surface area contributed by atoms with Crippen LogP contribution in [0.2, 0.25) is 0 Å². The summed E-state index contributed by atoms with van der Waals surface area (Å²) in [5, 5.41) is 9.66. The normalized spacial score (nSPS) is 15.2. The maximum absolute atomic E-state index is 12.8. The van der Waals surface area contributed by atoms with Crippen molar-refractivity contribution in [3.63, 3.8) is 0 Å². The summed E-state index contributed by atoms with van der Waals surface area (Å²) in [7, 11) is 0. The molecule has 3 rings (SSSR count). The molecule has 1 aromatic heterocycles. The zero-order valence-corrected chi connectivity index (χ0v) is 19.4. The van der Waals surface area contributed by atoms with Crippen LogP contribution in [0.15, 0.2) is 41.2 Å². The van der Waals surface area contributed by atoms with Crippen molar-refractivity contribution in [1.29, 1.82) is 0 Å². The SMILES string of the molecule is O=C(CNC(=O)C1CCCCCC1)N[C@H](Cc1ccccc1)C(=O)C(=O)NCc1cscn1. The predicted octanol–water partition coefficient (Wildman–Crippen LogP) is 2.14. The molecular weight excluding hydrogens is 440 g/mol. The molecule has 176 valence electrons. The van der Waals surface area contributed by atoms with Crippen molar-refractivity contribution in [2.45, 2.75) is 57.5 Å². The summed E-state index contributed by atoms with van der Waals surface area (Å²) in [5.74, 6) is -2.22. The molecule has 1 aliphatic carbocycles. The fraction of sp³-hybridized carbons (Fsp3) is 0.458. The molecule has 3 N–H and O–H groups in total. The summed E-state index contributed by atoms with van der Waals surface area (Å²) < 4.78 is 0. The first kappa shape index (κ1) is 24.6. The van der Waals surface area contributed by atoms with Crippen molar-refractivity contribution >= 4 is 34.8 Å². The summed E-state index contributed by atoms with van der Waals surface area (Å²) in [4.78, 5) is 54.4. The zero-order chi connectivity index (χ0) is 23.5. The Bertz CT molecular complexity index is 925. The van der Waals surface area contributed by atoms with Gasteiger partial charge in [-0.1, -0.05) is 56.0 Å². The molecule has 0 saturated heterocycles. The van der Waals surface area contributed by atoms with Gasteiger partial charge in [0.15, 0.2) is 0 Å². The number of carbonyl (C=O) groups is 4. The van der Waals surface area contributed by atoms with E-state index in [2.05, 4.69) is 20.9 Å². The number of hydrogen-bond donors (Lipinski definition) is 3. The third-order valence-corrected chi connectivity index (χ3v) is 6.36. The summed E-state index contributed by atoms with van der Waals surface area (Å²) in [5.41, 5.74) is 3.11. The van der Waals surface area contributed by atoms with Gasteiger partial charge in [0.2, 0.25) is 17.6 Å². The minimum Gasteiger partial charge on any atom is -0.347 e. The Kier molecular flexibility index (Phi) is 9.56. The highest BCUT2D eigenvalue weighted by Crippen LogP contribution is 2.22. The summed E-state index contributed by atoms with van der Waals surface area (Å²) >= 11 is 1.40. The molecule has 1 fully saturated rings. The van der Waals surface area contributed by atoms with Gasteiger partial charge in [-0.25, -0.2) is 4.98 Å². The lowest BCUT2D eigenvalue weighted by molar-refractivity contribution is -0.140. The second-order valence-corrected chi connectivity index (χ2v) is 8.96. The van der Waals surface area contributed by atoms with Crippen molar-refractivity contribution in [2.75, 3.05) is 6.54 Å². The van der Waals surface area contributed by atoms with Crippen molar-refractivity contribution < 1.29 is 19.2 Å². The molecule has 1 saturated carbocycles. The first-order valence-electron chi connectivity index (χ1n) is 11.3. The second kappa shape index (κ2) is 12.8. The molecule has 1 aromatic carbocycles. The number of hydrogen-bond acceptors (Lipinski definition) is 6. The van der Waals surface area contributed by atoms with E-state index >= 15 is 0 Å². The van der Waals surface area contributed by atoms with Gasteiger partial charge in [-0.2, -0.15) is 0 Å². The Morgan fingerprint density at radius 3 is 2.39 bits per heavy atom. The van der Waals surface area contributed by atoms with Crippen molar-refractivity contribution in [3.05, 3.63) is 52.5 Å². The monoisotopic (exact) mass is 470 g/mol. The second-order valence-electron chi connectivity index (χ2n) is 8.24.